The Morgan fingerprint density at radius 3 is 2.88 bits per heavy atom. The number of nitrogens with one attached hydrogen (secondary N) is 1. The molecular formula is C18H20N2O3S. The highest BCUT2D eigenvalue weighted by atomic mass is 32.2. The van der Waals surface area contributed by atoms with Crippen LogP contribution < -0.4 is 5.32 Å². The number of nitrogens with zero attached hydrogens (tertiary/aromatic N) is 1. The summed E-state index contributed by atoms with van der Waals surface area (Å²) in [5.41, 5.74) is 3.79. The lowest BCUT2D eigenvalue weighted by Crippen LogP contribution is -2.45. The Balaban J connectivity index is 1.68. The predicted octanol–water partition coefficient (Wildman–Crippen LogP) is 2.98. The van der Waals surface area contributed by atoms with E-state index in [2.05, 4.69) is 5.32 Å². The van der Waals surface area contributed by atoms with Gasteiger partial charge in [-0.1, -0.05) is 17.7 Å². The molecular weight excluding hydrogens is 324 g/mol. The van der Waals surface area contributed by atoms with Crippen LogP contribution in [0.5, 0.6) is 0 Å². The number of rotatable bonds is 4. The van der Waals surface area contributed by atoms with E-state index >= 15 is 0 Å². The molecule has 0 spiro atoms. The lowest BCUT2D eigenvalue weighted by atomic mass is 10.1. The molecule has 1 aliphatic heterocycles. The SMILES string of the molecule is Cc1ccc(NC(=O)[C@@H]2CSCN2C(=O)Cc2ccoc2)c(C)c1. The van der Waals surface area contributed by atoms with Crippen LogP contribution in [0.1, 0.15) is 16.7 Å². The number of furan rings is 1. The second-order valence-corrected chi connectivity index (χ2v) is 6.99. The molecule has 1 aliphatic rings. The molecule has 1 saturated heterocycles. The number of aryl methyl sites for hydroxylation is 2. The van der Waals surface area contributed by atoms with Gasteiger partial charge in [-0.15, -0.1) is 11.8 Å². The average Bonchev–Trinajstić information content (AvgIpc) is 3.20. The van der Waals surface area contributed by atoms with Gasteiger partial charge in [0.05, 0.1) is 24.8 Å². The highest BCUT2D eigenvalue weighted by Gasteiger charge is 2.34. The molecule has 6 heteroatoms. The first-order valence-electron chi connectivity index (χ1n) is 7.81. The molecule has 0 aliphatic carbocycles. The van der Waals surface area contributed by atoms with Gasteiger partial charge in [0.25, 0.3) is 0 Å². The number of carbonyl (C=O) groups excluding carboxylic acids is 2. The Morgan fingerprint density at radius 1 is 1.33 bits per heavy atom. The van der Waals surface area contributed by atoms with Crippen molar-refractivity contribution in [1.82, 2.24) is 4.90 Å². The monoisotopic (exact) mass is 344 g/mol. The van der Waals surface area contributed by atoms with Crippen molar-refractivity contribution in [1.29, 1.82) is 0 Å². The first-order chi connectivity index (χ1) is 11.5. The van der Waals surface area contributed by atoms with Crippen molar-refractivity contribution in [2.75, 3.05) is 16.9 Å². The minimum Gasteiger partial charge on any atom is -0.472 e. The minimum absolute atomic E-state index is 0.0535. The highest BCUT2D eigenvalue weighted by molar-refractivity contribution is 7.99. The third kappa shape index (κ3) is 3.64. The largest absolute Gasteiger partial charge is 0.472 e. The van der Waals surface area contributed by atoms with Crippen molar-refractivity contribution in [2.45, 2.75) is 26.3 Å². The van der Waals surface area contributed by atoms with Crippen LogP contribution in [0.2, 0.25) is 0 Å². The van der Waals surface area contributed by atoms with Crippen LogP contribution in [0.15, 0.2) is 41.2 Å². The van der Waals surface area contributed by atoms with Crippen LogP contribution in [0.25, 0.3) is 0 Å². The lowest BCUT2D eigenvalue weighted by molar-refractivity contribution is -0.135. The van der Waals surface area contributed by atoms with Crippen molar-refractivity contribution >= 4 is 29.3 Å². The van der Waals surface area contributed by atoms with Gasteiger partial charge in [-0.05, 0) is 37.1 Å². The van der Waals surface area contributed by atoms with Crippen LogP contribution in [-0.4, -0.2) is 34.4 Å². The number of benzene rings is 1. The second-order valence-electron chi connectivity index (χ2n) is 6.00. The summed E-state index contributed by atoms with van der Waals surface area (Å²) in [6.07, 6.45) is 3.36. The third-order valence-electron chi connectivity index (χ3n) is 4.08. The fourth-order valence-electron chi connectivity index (χ4n) is 2.74. The number of carbonyl (C=O) groups is 2. The smallest absolute Gasteiger partial charge is 0.248 e. The minimum atomic E-state index is -0.435. The summed E-state index contributed by atoms with van der Waals surface area (Å²) in [4.78, 5) is 26.8. The summed E-state index contributed by atoms with van der Waals surface area (Å²) in [6.45, 7) is 3.98. The van der Waals surface area contributed by atoms with Crippen molar-refractivity contribution in [2.24, 2.45) is 0 Å². The maximum absolute atomic E-state index is 12.6. The number of hydrogen-bond acceptors (Lipinski definition) is 4. The molecule has 1 aromatic carbocycles. The van der Waals surface area contributed by atoms with E-state index in [4.69, 9.17) is 4.42 Å². The predicted molar refractivity (Wildman–Crippen MR) is 94.9 cm³/mol. The van der Waals surface area contributed by atoms with Gasteiger partial charge in [-0.3, -0.25) is 9.59 Å². The molecule has 0 unspecified atom stereocenters. The molecule has 1 N–H and O–H groups in total. The number of anilines is 1. The van der Waals surface area contributed by atoms with Gasteiger partial charge < -0.3 is 14.6 Å². The van der Waals surface area contributed by atoms with Crippen molar-refractivity contribution < 1.29 is 14.0 Å². The molecule has 2 aromatic rings. The summed E-state index contributed by atoms with van der Waals surface area (Å²) in [6, 6.07) is 7.23. The zero-order valence-electron chi connectivity index (χ0n) is 13.7. The molecule has 0 saturated carbocycles. The van der Waals surface area contributed by atoms with Gasteiger partial charge in [0.2, 0.25) is 11.8 Å². The quantitative estimate of drug-likeness (QED) is 0.926. The normalized spacial score (nSPS) is 17.1. The first kappa shape index (κ1) is 16.6. The fourth-order valence-corrected chi connectivity index (χ4v) is 3.93. The Bertz CT molecular complexity index is 743. The van der Waals surface area contributed by atoms with Crippen LogP contribution in [0, 0.1) is 13.8 Å². The molecule has 1 fully saturated rings. The van der Waals surface area contributed by atoms with E-state index in [9.17, 15) is 9.59 Å². The molecule has 24 heavy (non-hydrogen) atoms. The number of thioether (sulfide) groups is 1. The van der Waals surface area contributed by atoms with E-state index in [0.29, 0.717) is 11.6 Å². The van der Waals surface area contributed by atoms with Crippen LogP contribution >= 0.6 is 11.8 Å². The molecule has 0 bridgehead atoms. The fraction of sp³-hybridized carbons (Fsp3) is 0.333. The van der Waals surface area contributed by atoms with E-state index < -0.39 is 6.04 Å². The Hall–Kier alpha value is -2.21. The molecule has 2 heterocycles. The molecule has 5 nitrogen and oxygen atoms in total. The van der Waals surface area contributed by atoms with E-state index in [1.54, 1.807) is 35.3 Å². The number of amides is 2. The molecule has 3 rings (SSSR count). The second kappa shape index (κ2) is 7.13. The summed E-state index contributed by atoms with van der Waals surface area (Å²) in [5.74, 6) is 0.977. The van der Waals surface area contributed by atoms with E-state index in [1.165, 1.54) is 0 Å². The standard InChI is InChI=1S/C18H20N2O3S/c1-12-3-4-15(13(2)7-12)19-18(22)16-10-24-11-20(16)17(21)8-14-5-6-23-9-14/h3-7,9,16H,8,10-11H2,1-2H3,(H,19,22)/t16-/m0/s1. The molecule has 1 aromatic heterocycles. The Morgan fingerprint density at radius 2 is 2.17 bits per heavy atom. The van der Waals surface area contributed by atoms with Crippen LogP contribution in [0.3, 0.4) is 0 Å². The average molecular weight is 344 g/mol. The van der Waals surface area contributed by atoms with E-state index in [0.717, 1.165) is 22.4 Å². The Labute approximate surface area is 145 Å². The summed E-state index contributed by atoms with van der Waals surface area (Å²) >= 11 is 1.60. The lowest BCUT2D eigenvalue weighted by Gasteiger charge is -2.23. The first-order valence-corrected chi connectivity index (χ1v) is 8.96. The van der Waals surface area contributed by atoms with Gasteiger partial charge in [-0.2, -0.15) is 0 Å². The van der Waals surface area contributed by atoms with Crippen LogP contribution in [0.4, 0.5) is 5.69 Å². The molecule has 1 atom stereocenters. The Kier molecular flexibility index (Phi) is 4.94. The maximum atomic E-state index is 12.6. The summed E-state index contributed by atoms with van der Waals surface area (Å²) < 4.78 is 5.00. The number of hydrogen-bond donors (Lipinski definition) is 1. The van der Waals surface area contributed by atoms with Gasteiger partial charge in [0, 0.05) is 11.4 Å². The van der Waals surface area contributed by atoms with Crippen molar-refractivity contribution in [3.63, 3.8) is 0 Å². The third-order valence-corrected chi connectivity index (χ3v) is 5.09. The molecule has 0 radical (unpaired) electrons. The van der Waals surface area contributed by atoms with Crippen molar-refractivity contribution in [3.05, 3.63) is 53.5 Å². The zero-order chi connectivity index (χ0) is 17.1. The van der Waals surface area contributed by atoms with Crippen molar-refractivity contribution in [3.8, 4) is 0 Å². The highest BCUT2D eigenvalue weighted by Crippen LogP contribution is 2.24. The van der Waals surface area contributed by atoms with E-state index in [1.807, 2.05) is 32.0 Å². The topological polar surface area (TPSA) is 62.6 Å². The van der Waals surface area contributed by atoms with Gasteiger partial charge in [-0.25, -0.2) is 0 Å². The molecule has 2 amide bonds. The van der Waals surface area contributed by atoms with Gasteiger partial charge in [0.1, 0.15) is 6.04 Å². The summed E-state index contributed by atoms with van der Waals surface area (Å²) in [5, 5.41) is 2.96. The summed E-state index contributed by atoms with van der Waals surface area (Å²) in [7, 11) is 0. The van der Waals surface area contributed by atoms with Crippen LogP contribution in [-0.2, 0) is 16.0 Å². The zero-order valence-corrected chi connectivity index (χ0v) is 14.6. The maximum Gasteiger partial charge on any atom is 0.248 e. The van der Waals surface area contributed by atoms with E-state index in [-0.39, 0.29) is 18.2 Å². The molecule has 126 valence electrons. The van der Waals surface area contributed by atoms with Gasteiger partial charge in [0.15, 0.2) is 0 Å². The van der Waals surface area contributed by atoms with Gasteiger partial charge >= 0.3 is 0 Å².